The minimum absolute atomic E-state index is 0.316. The fourth-order valence-electron chi connectivity index (χ4n) is 1.95. The molecular formula is C13H16N4O. The molecule has 5 heteroatoms. The topological polar surface area (TPSA) is 76.8 Å². The summed E-state index contributed by atoms with van der Waals surface area (Å²) in [7, 11) is 1.64. The second-order valence-electron chi connectivity index (χ2n) is 4.61. The maximum absolute atomic E-state index is 6.17. The monoisotopic (exact) mass is 244 g/mol. The molecule has 1 aliphatic rings. The largest absolute Gasteiger partial charge is 0.497 e. The summed E-state index contributed by atoms with van der Waals surface area (Å²) in [5, 5.41) is 7.18. The van der Waals surface area contributed by atoms with Crippen LogP contribution >= 0.6 is 0 Å². The molecule has 0 bridgehead atoms. The van der Waals surface area contributed by atoms with Crippen molar-refractivity contribution < 1.29 is 4.74 Å². The third-order valence-corrected chi connectivity index (χ3v) is 3.22. The van der Waals surface area contributed by atoms with Crippen LogP contribution in [0, 0.1) is 0 Å². The third kappa shape index (κ3) is 2.09. The van der Waals surface area contributed by atoms with Gasteiger partial charge in [0.2, 0.25) is 0 Å². The molecule has 0 radical (unpaired) electrons. The predicted octanol–water partition coefficient (Wildman–Crippen LogP) is 1.74. The van der Waals surface area contributed by atoms with Gasteiger partial charge in [0.05, 0.1) is 13.2 Å². The maximum atomic E-state index is 6.17. The predicted molar refractivity (Wildman–Crippen MR) is 67.4 cm³/mol. The zero-order chi connectivity index (χ0) is 12.5. The lowest BCUT2D eigenvalue weighted by Gasteiger charge is -2.09. The summed E-state index contributed by atoms with van der Waals surface area (Å²) >= 11 is 0. The molecule has 94 valence electrons. The van der Waals surface area contributed by atoms with Gasteiger partial charge in [-0.05, 0) is 30.5 Å². The smallest absolute Gasteiger partial charge is 0.171 e. The Balaban J connectivity index is 1.84. The van der Waals surface area contributed by atoms with Gasteiger partial charge in [-0.1, -0.05) is 12.1 Å². The van der Waals surface area contributed by atoms with E-state index in [4.69, 9.17) is 10.5 Å². The number of aromatic nitrogens is 3. The molecule has 2 aromatic rings. The van der Waals surface area contributed by atoms with Gasteiger partial charge in [-0.25, -0.2) is 4.98 Å². The molecule has 0 saturated heterocycles. The van der Waals surface area contributed by atoms with Crippen molar-refractivity contribution in [1.29, 1.82) is 0 Å². The molecule has 3 rings (SSSR count). The molecule has 1 aromatic carbocycles. The van der Waals surface area contributed by atoms with E-state index in [1.54, 1.807) is 7.11 Å². The minimum atomic E-state index is -0.316. The number of ether oxygens (including phenoxy) is 1. The van der Waals surface area contributed by atoms with E-state index in [1.807, 2.05) is 24.3 Å². The molecule has 1 saturated carbocycles. The average Bonchev–Trinajstić information content (AvgIpc) is 3.16. The van der Waals surface area contributed by atoms with Crippen molar-refractivity contribution in [2.45, 2.75) is 24.8 Å². The van der Waals surface area contributed by atoms with Gasteiger partial charge < -0.3 is 10.5 Å². The number of benzene rings is 1. The van der Waals surface area contributed by atoms with Crippen LogP contribution in [0.15, 0.2) is 24.3 Å². The Morgan fingerprint density at radius 2 is 2.28 bits per heavy atom. The van der Waals surface area contributed by atoms with Crippen LogP contribution in [0.5, 0.6) is 5.75 Å². The summed E-state index contributed by atoms with van der Waals surface area (Å²) in [4.78, 5) is 4.47. The van der Waals surface area contributed by atoms with Crippen molar-refractivity contribution in [3.8, 4) is 5.75 Å². The number of hydrogen-bond acceptors (Lipinski definition) is 4. The number of hydrogen-bond donors (Lipinski definition) is 2. The summed E-state index contributed by atoms with van der Waals surface area (Å²) in [6.45, 7) is 0. The molecular weight excluding hydrogens is 228 g/mol. The molecule has 1 heterocycles. The van der Waals surface area contributed by atoms with Crippen LogP contribution in [0.1, 0.15) is 42.0 Å². The highest BCUT2D eigenvalue weighted by atomic mass is 16.5. The van der Waals surface area contributed by atoms with E-state index < -0.39 is 0 Å². The van der Waals surface area contributed by atoms with Gasteiger partial charge >= 0.3 is 0 Å². The van der Waals surface area contributed by atoms with Crippen LogP contribution in [0.4, 0.5) is 0 Å². The van der Waals surface area contributed by atoms with Gasteiger partial charge in [-0.2, -0.15) is 5.10 Å². The minimum Gasteiger partial charge on any atom is -0.497 e. The number of H-pyrrole nitrogens is 1. The summed E-state index contributed by atoms with van der Waals surface area (Å²) in [5.41, 5.74) is 7.13. The Morgan fingerprint density at radius 3 is 3.00 bits per heavy atom. The Morgan fingerprint density at radius 1 is 1.44 bits per heavy atom. The first-order valence-electron chi connectivity index (χ1n) is 6.09. The molecule has 0 amide bonds. The van der Waals surface area contributed by atoms with Crippen molar-refractivity contribution in [3.05, 3.63) is 41.5 Å². The lowest BCUT2D eigenvalue weighted by molar-refractivity contribution is 0.414. The standard InChI is InChI=1S/C13H16N4O/c1-18-10-4-2-3-9(7-10)11(14)13-15-12(16-17-13)8-5-6-8/h2-4,7-8,11H,5-6,14H2,1H3,(H,15,16,17)/t11-/m1/s1. The van der Waals surface area contributed by atoms with Gasteiger partial charge in [0.15, 0.2) is 5.82 Å². The van der Waals surface area contributed by atoms with E-state index in [-0.39, 0.29) is 6.04 Å². The summed E-state index contributed by atoms with van der Waals surface area (Å²) < 4.78 is 5.19. The molecule has 0 spiro atoms. The molecule has 0 unspecified atom stereocenters. The molecule has 1 atom stereocenters. The molecule has 1 aliphatic carbocycles. The van der Waals surface area contributed by atoms with E-state index in [0.29, 0.717) is 11.7 Å². The maximum Gasteiger partial charge on any atom is 0.171 e. The molecule has 5 nitrogen and oxygen atoms in total. The van der Waals surface area contributed by atoms with Crippen molar-refractivity contribution in [3.63, 3.8) is 0 Å². The second-order valence-corrected chi connectivity index (χ2v) is 4.61. The lowest BCUT2D eigenvalue weighted by Crippen LogP contribution is -2.13. The highest BCUT2D eigenvalue weighted by Gasteiger charge is 2.28. The van der Waals surface area contributed by atoms with Gasteiger partial charge in [0.25, 0.3) is 0 Å². The van der Waals surface area contributed by atoms with E-state index in [9.17, 15) is 0 Å². The first-order chi connectivity index (χ1) is 8.78. The Kier molecular flexibility index (Phi) is 2.76. The van der Waals surface area contributed by atoms with Gasteiger partial charge in [0, 0.05) is 5.92 Å². The zero-order valence-corrected chi connectivity index (χ0v) is 10.3. The van der Waals surface area contributed by atoms with Gasteiger partial charge in [-0.15, -0.1) is 0 Å². The van der Waals surface area contributed by atoms with Gasteiger partial charge in [0.1, 0.15) is 11.6 Å². The first kappa shape index (κ1) is 11.2. The SMILES string of the molecule is COc1cccc([C@@H](N)c2n[nH]c(C3CC3)n2)c1. The van der Waals surface area contributed by atoms with E-state index >= 15 is 0 Å². The summed E-state index contributed by atoms with van der Waals surface area (Å²) in [5.74, 6) is 2.96. The molecule has 0 aliphatic heterocycles. The van der Waals surface area contributed by atoms with Gasteiger partial charge in [-0.3, -0.25) is 5.10 Å². The molecule has 18 heavy (non-hydrogen) atoms. The third-order valence-electron chi connectivity index (χ3n) is 3.22. The molecule has 3 N–H and O–H groups in total. The lowest BCUT2D eigenvalue weighted by atomic mass is 10.1. The molecule has 1 aromatic heterocycles. The van der Waals surface area contributed by atoms with E-state index in [0.717, 1.165) is 17.1 Å². The number of nitrogens with one attached hydrogen (secondary N) is 1. The Labute approximate surface area is 105 Å². The van der Waals surface area contributed by atoms with Crippen LogP contribution in [0.3, 0.4) is 0 Å². The second kappa shape index (κ2) is 4.42. The highest BCUT2D eigenvalue weighted by Crippen LogP contribution is 2.38. The molecule has 1 fully saturated rings. The van der Waals surface area contributed by atoms with Crippen molar-refractivity contribution in [2.75, 3.05) is 7.11 Å². The van der Waals surface area contributed by atoms with Crippen molar-refractivity contribution in [2.24, 2.45) is 5.73 Å². The number of nitrogens with zero attached hydrogens (tertiary/aromatic N) is 2. The quantitative estimate of drug-likeness (QED) is 0.858. The van der Waals surface area contributed by atoms with Crippen LogP contribution in [0.2, 0.25) is 0 Å². The highest BCUT2D eigenvalue weighted by molar-refractivity contribution is 5.33. The van der Waals surface area contributed by atoms with Crippen LogP contribution in [0.25, 0.3) is 0 Å². The van der Waals surface area contributed by atoms with Crippen molar-refractivity contribution >= 4 is 0 Å². The van der Waals surface area contributed by atoms with Crippen molar-refractivity contribution in [1.82, 2.24) is 15.2 Å². The fraction of sp³-hybridized carbons (Fsp3) is 0.385. The number of nitrogens with two attached hydrogens (primary N) is 1. The van der Waals surface area contributed by atoms with E-state index in [2.05, 4.69) is 15.2 Å². The van der Waals surface area contributed by atoms with Crippen LogP contribution < -0.4 is 10.5 Å². The number of methoxy groups -OCH3 is 1. The Bertz CT molecular complexity index is 547. The number of aromatic amines is 1. The fourth-order valence-corrected chi connectivity index (χ4v) is 1.95. The zero-order valence-electron chi connectivity index (χ0n) is 10.3. The van der Waals surface area contributed by atoms with E-state index in [1.165, 1.54) is 12.8 Å². The number of rotatable bonds is 4. The van der Waals surface area contributed by atoms with Crippen LogP contribution in [-0.2, 0) is 0 Å². The average molecular weight is 244 g/mol. The first-order valence-corrected chi connectivity index (χ1v) is 6.09. The summed E-state index contributed by atoms with van der Waals surface area (Å²) in [6.07, 6.45) is 2.39. The summed E-state index contributed by atoms with van der Waals surface area (Å²) in [6, 6.07) is 7.37. The normalized spacial score (nSPS) is 16.6. The van der Waals surface area contributed by atoms with Crippen LogP contribution in [-0.4, -0.2) is 22.3 Å². The Hall–Kier alpha value is -1.88.